The van der Waals surface area contributed by atoms with Crippen molar-refractivity contribution < 1.29 is 45.3 Å². The Balaban J connectivity index is 0. The summed E-state index contributed by atoms with van der Waals surface area (Å²) in [5.74, 6) is -0.662. The molecule has 2 N–H and O–H groups in total. The molecule has 4 nitrogen and oxygen atoms in total. The van der Waals surface area contributed by atoms with Gasteiger partial charge in [0.25, 0.3) is 5.91 Å². The average Bonchev–Trinajstić information content (AvgIpc) is 2.39. The molecule has 20 heavy (non-hydrogen) atoms. The van der Waals surface area contributed by atoms with Crippen molar-refractivity contribution in [3.05, 3.63) is 29.8 Å². The Bertz CT molecular complexity index is 441. The Morgan fingerprint density at radius 1 is 1.15 bits per heavy atom. The van der Waals surface area contributed by atoms with Crippen LogP contribution in [0.3, 0.4) is 0 Å². The van der Waals surface area contributed by atoms with Crippen LogP contribution in [0.1, 0.15) is 57.2 Å². The van der Waals surface area contributed by atoms with Crippen LogP contribution in [0.5, 0.6) is 5.75 Å². The fourth-order valence-electron chi connectivity index (χ4n) is 1.81. The first kappa shape index (κ1) is 19.2. The molecule has 0 heterocycles. The number of esters is 1. The van der Waals surface area contributed by atoms with Gasteiger partial charge in [-0.25, -0.2) is 0 Å². The van der Waals surface area contributed by atoms with E-state index in [0.717, 1.165) is 19.3 Å². The summed E-state index contributed by atoms with van der Waals surface area (Å²) in [7, 11) is 0. The number of amides is 1. The van der Waals surface area contributed by atoms with E-state index in [4.69, 9.17) is 10.5 Å². The molecule has 1 rings (SSSR count). The number of hydrogen-bond acceptors (Lipinski definition) is 3. The fourth-order valence-corrected chi connectivity index (χ4v) is 1.81. The molecule has 106 valence electrons. The van der Waals surface area contributed by atoms with Crippen molar-refractivity contribution >= 4 is 11.9 Å². The monoisotopic (exact) mass is 287 g/mol. The van der Waals surface area contributed by atoms with E-state index < -0.39 is 5.91 Å². The second-order valence-electron chi connectivity index (χ2n) is 4.50. The predicted octanol–water partition coefficient (Wildman–Crippen LogP) is 0.168. The summed E-state index contributed by atoms with van der Waals surface area (Å²) >= 11 is 0. The maximum absolute atomic E-state index is 11.6. The molecule has 0 aromatic heterocycles. The van der Waals surface area contributed by atoms with Gasteiger partial charge in [0.15, 0.2) is 0 Å². The quantitative estimate of drug-likeness (QED) is 0.321. The van der Waals surface area contributed by atoms with E-state index in [-0.39, 0.29) is 48.3 Å². The van der Waals surface area contributed by atoms with Gasteiger partial charge in [0.2, 0.25) is 0 Å². The van der Waals surface area contributed by atoms with E-state index in [1.165, 1.54) is 12.8 Å². The Hall–Kier alpha value is -0.840. The Morgan fingerprint density at radius 2 is 1.80 bits per heavy atom. The van der Waals surface area contributed by atoms with E-state index in [9.17, 15) is 9.59 Å². The first-order valence-corrected chi connectivity index (χ1v) is 6.74. The summed E-state index contributed by atoms with van der Waals surface area (Å²) in [5.41, 5.74) is 5.45. The van der Waals surface area contributed by atoms with E-state index in [0.29, 0.717) is 6.42 Å². The minimum atomic E-state index is -0.591. The van der Waals surface area contributed by atoms with Crippen LogP contribution in [-0.4, -0.2) is 11.9 Å². The van der Waals surface area contributed by atoms with Crippen molar-refractivity contribution in [3.8, 4) is 5.75 Å². The van der Waals surface area contributed by atoms with Gasteiger partial charge in [-0.1, -0.05) is 44.7 Å². The molecule has 0 spiro atoms. The Labute approximate surface area is 143 Å². The summed E-state index contributed by atoms with van der Waals surface area (Å²) in [4.78, 5) is 22.8. The number of rotatable bonds is 8. The largest absolute Gasteiger partial charge is 1.00 e. The van der Waals surface area contributed by atoms with Crippen LogP contribution < -0.4 is 40.0 Å². The van der Waals surface area contributed by atoms with Gasteiger partial charge in [-0.2, -0.15) is 0 Å². The van der Waals surface area contributed by atoms with Crippen LogP contribution in [0.2, 0.25) is 0 Å². The minimum absolute atomic E-state index is 0. The fraction of sp³-hybridized carbons (Fsp3) is 0.467. The minimum Gasteiger partial charge on any atom is -1.00 e. The second-order valence-corrected chi connectivity index (χ2v) is 4.50. The SMILES string of the molecule is CCCCCCCC(=O)Oc1ccccc1C(N)=O.[H-].[Na+]. The summed E-state index contributed by atoms with van der Waals surface area (Å²) in [5, 5.41) is 0. The zero-order chi connectivity index (χ0) is 14.1. The molecule has 0 radical (unpaired) electrons. The third kappa shape index (κ3) is 7.08. The van der Waals surface area contributed by atoms with Crippen LogP contribution in [0, 0.1) is 0 Å². The number of ether oxygens (including phenoxy) is 1. The smallest absolute Gasteiger partial charge is 1.00 e. The van der Waals surface area contributed by atoms with Crippen molar-refractivity contribution in [2.45, 2.75) is 45.4 Å². The standard InChI is InChI=1S/C15H21NO3.Na.H/c1-2-3-4-5-6-11-14(17)19-13-10-8-7-9-12(13)15(16)18;;/h7-10H,2-6,11H2,1H3,(H2,16,18);;/q;+1;-1. The maximum Gasteiger partial charge on any atom is 1.00 e. The van der Waals surface area contributed by atoms with E-state index in [2.05, 4.69) is 6.92 Å². The summed E-state index contributed by atoms with van der Waals surface area (Å²) in [6.07, 6.45) is 5.73. The van der Waals surface area contributed by atoms with Gasteiger partial charge in [-0.15, -0.1) is 0 Å². The van der Waals surface area contributed by atoms with Crippen LogP contribution in [0.4, 0.5) is 0 Å². The van der Waals surface area contributed by atoms with E-state index in [1.807, 2.05) is 0 Å². The zero-order valence-electron chi connectivity index (χ0n) is 13.4. The van der Waals surface area contributed by atoms with E-state index >= 15 is 0 Å². The number of hydrogen-bond donors (Lipinski definition) is 1. The van der Waals surface area contributed by atoms with Crippen LogP contribution in [0.15, 0.2) is 24.3 Å². The molecule has 0 fully saturated rings. The summed E-state index contributed by atoms with van der Waals surface area (Å²) < 4.78 is 5.17. The normalized spacial score (nSPS) is 9.65. The maximum atomic E-state index is 11.6. The number of carbonyl (C=O) groups is 2. The molecule has 0 atom stereocenters. The zero-order valence-corrected chi connectivity index (χ0v) is 14.4. The van der Waals surface area contributed by atoms with Gasteiger partial charge in [0, 0.05) is 6.42 Å². The molecular formula is C15H22NNaO3. The number of carbonyl (C=O) groups excluding carboxylic acids is 2. The molecule has 0 unspecified atom stereocenters. The molecule has 1 aromatic carbocycles. The van der Waals surface area contributed by atoms with E-state index in [1.54, 1.807) is 24.3 Å². The molecular weight excluding hydrogens is 265 g/mol. The summed E-state index contributed by atoms with van der Waals surface area (Å²) in [6, 6.07) is 6.51. The average molecular weight is 287 g/mol. The van der Waals surface area contributed by atoms with Crippen LogP contribution in [0.25, 0.3) is 0 Å². The third-order valence-electron chi connectivity index (χ3n) is 2.86. The van der Waals surface area contributed by atoms with Gasteiger partial charge < -0.3 is 11.9 Å². The number of nitrogens with two attached hydrogens (primary N) is 1. The van der Waals surface area contributed by atoms with Gasteiger partial charge in [0.05, 0.1) is 5.56 Å². The molecule has 0 aliphatic rings. The van der Waals surface area contributed by atoms with Crippen molar-refractivity contribution in [2.24, 2.45) is 5.73 Å². The topological polar surface area (TPSA) is 69.4 Å². The molecule has 0 saturated heterocycles. The van der Waals surface area contributed by atoms with Gasteiger partial charge in [0.1, 0.15) is 5.75 Å². The third-order valence-corrected chi connectivity index (χ3v) is 2.86. The molecule has 0 aliphatic heterocycles. The van der Waals surface area contributed by atoms with Crippen LogP contribution in [-0.2, 0) is 4.79 Å². The van der Waals surface area contributed by atoms with Crippen LogP contribution >= 0.6 is 0 Å². The molecule has 0 bridgehead atoms. The molecule has 0 aliphatic carbocycles. The molecule has 0 saturated carbocycles. The van der Waals surface area contributed by atoms with Gasteiger partial charge in [-0.05, 0) is 18.6 Å². The first-order chi connectivity index (χ1) is 9.15. The van der Waals surface area contributed by atoms with Crippen molar-refractivity contribution in [2.75, 3.05) is 0 Å². The van der Waals surface area contributed by atoms with Gasteiger partial charge >= 0.3 is 35.5 Å². The Kier molecular flexibility index (Phi) is 10.4. The number of unbranched alkanes of at least 4 members (excludes halogenated alkanes) is 4. The molecule has 1 aromatic rings. The number of primary amides is 1. The molecule has 1 amide bonds. The van der Waals surface area contributed by atoms with Crippen molar-refractivity contribution in [1.29, 1.82) is 0 Å². The molecule has 5 heteroatoms. The number of para-hydroxylation sites is 1. The van der Waals surface area contributed by atoms with Gasteiger partial charge in [-0.3, -0.25) is 9.59 Å². The summed E-state index contributed by atoms with van der Waals surface area (Å²) in [6.45, 7) is 2.15. The van der Waals surface area contributed by atoms with Crippen molar-refractivity contribution in [1.82, 2.24) is 0 Å². The predicted molar refractivity (Wildman–Crippen MR) is 75.1 cm³/mol. The second kappa shape index (κ2) is 10.9. The first-order valence-electron chi connectivity index (χ1n) is 6.74. The van der Waals surface area contributed by atoms with Crippen molar-refractivity contribution in [3.63, 3.8) is 0 Å². The Morgan fingerprint density at radius 3 is 2.45 bits per heavy atom. The number of benzene rings is 1.